The van der Waals surface area contributed by atoms with Gasteiger partial charge in [-0.25, -0.2) is 13.4 Å². The molecule has 35 heavy (non-hydrogen) atoms. The summed E-state index contributed by atoms with van der Waals surface area (Å²) in [6, 6.07) is 18.8. The number of benzene rings is 3. The highest BCUT2D eigenvalue weighted by molar-refractivity contribution is 7.90. The van der Waals surface area contributed by atoms with Crippen LogP contribution in [0.25, 0.3) is 11.1 Å². The van der Waals surface area contributed by atoms with Crippen molar-refractivity contribution >= 4 is 21.4 Å². The molecule has 1 N–H and O–H groups in total. The number of hydrogen-bond donors (Lipinski definition) is 1. The van der Waals surface area contributed by atoms with Crippen LogP contribution in [0.5, 0.6) is 0 Å². The van der Waals surface area contributed by atoms with Crippen LogP contribution in [0.4, 0.5) is 5.69 Å². The molecule has 9 nitrogen and oxygen atoms in total. The number of non-ortho nitro benzene ring substituents is 1. The Morgan fingerprint density at radius 2 is 1.83 bits per heavy atom. The zero-order valence-corrected chi connectivity index (χ0v) is 19.6. The molecule has 0 unspecified atom stereocenters. The maximum atomic E-state index is 12.8. The molecule has 0 aliphatic rings. The summed E-state index contributed by atoms with van der Waals surface area (Å²) >= 11 is 0. The van der Waals surface area contributed by atoms with E-state index in [1.54, 1.807) is 12.5 Å². The molecule has 0 atom stereocenters. The molecule has 3 aromatic carbocycles. The SMILES string of the molecule is CS(=O)(=O)c1cc(C(=O)NCc2ccccc2-c2ccc(Cn3ccnc3)cc2)cc([N+](=O)[O-])c1. The topological polar surface area (TPSA) is 124 Å². The minimum absolute atomic E-state index is 0.0963. The summed E-state index contributed by atoms with van der Waals surface area (Å²) in [5.74, 6) is -0.607. The summed E-state index contributed by atoms with van der Waals surface area (Å²) in [5, 5.41) is 14.0. The predicted molar refractivity (Wildman–Crippen MR) is 131 cm³/mol. The summed E-state index contributed by atoms with van der Waals surface area (Å²) in [6.45, 7) is 0.860. The highest BCUT2D eigenvalue weighted by atomic mass is 32.2. The van der Waals surface area contributed by atoms with E-state index in [2.05, 4.69) is 10.3 Å². The van der Waals surface area contributed by atoms with E-state index in [1.807, 2.05) is 59.3 Å². The number of imidazole rings is 1. The molecule has 1 aromatic heterocycles. The Kier molecular flexibility index (Phi) is 6.74. The highest BCUT2D eigenvalue weighted by Crippen LogP contribution is 2.25. The van der Waals surface area contributed by atoms with Gasteiger partial charge < -0.3 is 9.88 Å². The molecule has 0 saturated heterocycles. The lowest BCUT2D eigenvalue weighted by Crippen LogP contribution is -2.23. The maximum absolute atomic E-state index is 12.8. The molecular formula is C25H22N4O5S. The van der Waals surface area contributed by atoms with Crippen LogP contribution in [0.15, 0.2) is 90.3 Å². The predicted octanol–water partition coefficient (Wildman–Crippen LogP) is 3.84. The van der Waals surface area contributed by atoms with Gasteiger partial charge in [0.15, 0.2) is 9.84 Å². The Morgan fingerprint density at radius 1 is 1.09 bits per heavy atom. The number of aromatic nitrogens is 2. The highest BCUT2D eigenvalue weighted by Gasteiger charge is 2.19. The van der Waals surface area contributed by atoms with Crippen molar-refractivity contribution in [2.24, 2.45) is 0 Å². The van der Waals surface area contributed by atoms with Crippen LogP contribution in [-0.2, 0) is 22.9 Å². The number of nitro benzene ring substituents is 1. The second-order valence-corrected chi connectivity index (χ2v) is 10.0. The Labute approximate surface area is 202 Å². The van der Waals surface area contributed by atoms with Crippen molar-refractivity contribution in [3.8, 4) is 11.1 Å². The van der Waals surface area contributed by atoms with E-state index in [4.69, 9.17) is 0 Å². The normalized spacial score (nSPS) is 11.2. The standard InChI is InChI=1S/C25H22N4O5S/c1-35(33,34)23-13-21(12-22(14-23)29(31)32)25(30)27-15-20-4-2-3-5-24(20)19-8-6-18(7-9-19)16-28-11-10-26-17-28/h2-14,17H,15-16H2,1H3,(H,27,30). The third-order valence-electron chi connectivity index (χ3n) is 5.44. The second kappa shape index (κ2) is 9.90. The molecule has 10 heteroatoms. The van der Waals surface area contributed by atoms with Crippen molar-refractivity contribution in [1.82, 2.24) is 14.9 Å². The van der Waals surface area contributed by atoms with Crippen LogP contribution in [-0.4, -0.2) is 35.1 Å². The Morgan fingerprint density at radius 3 is 2.49 bits per heavy atom. The summed E-state index contributed by atoms with van der Waals surface area (Å²) in [7, 11) is -3.73. The molecule has 0 aliphatic heterocycles. The van der Waals surface area contributed by atoms with Crippen LogP contribution >= 0.6 is 0 Å². The first-order valence-corrected chi connectivity index (χ1v) is 12.5. The number of rotatable bonds is 8. The summed E-state index contributed by atoms with van der Waals surface area (Å²) in [4.78, 5) is 27.0. The van der Waals surface area contributed by atoms with Crippen molar-refractivity contribution in [2.75, 3.05) is 6.26 Å². The summed E-state index contributed by atoms with van der Waals surface area (Å²) < 4.78 is 25.8. The van der Waals surface area contributed by atoms with E-state index in [0.29, 0.717) is 6.54 Å². The Balaban J connectivity index is 1.53. The number of hydrogen-bond acceptors (Lipinski definition) is 6. The monoisotopic (exact) mass is 490 g/mol. The van der Waals surface area contributed by atoms with Crippen molar-refractivity contribution in [3.63, 3.8) is 0 Å². The fraction of sp³-hybridized carbons (Fsp3) is 0.120. The smallest absolute Gasteiger partial charge is 0.271 e. The first-order chi connectivity index (χ1) is 16.7. The minimum atomic E-state index is -3.73. The van der Waals surface area contributed by atoms with Gasteiger partial charge in [-0.2, -0.15) is 0 Å². The molecular weight excluding hydrogens is 468 g/mol. The van der Waals surface area contributed by atoms with Crippen molar-refractivity contribution in [1.29, 1.82) is 0 Å². The Bertz CT molecular complexity index is 1480. The van der Waals surface area contributed by atoms with Crippen molar-refractivity contribution in [2.45, 2.75) is 18.0 Å². The van der Waals surface area contributed by atoms with Crippen LogP contribution in [0.2, 0.25) is 0 Å². The average Bonchev–Trinajstić information content (AvgIpc) is 3.35. The van der Waals surface area contributed by atoms with Gasteiger partial charge in [-0.3, -0.25) is 14.9 Å². The first-order valence-electron chi connectivity index (χ1n) is 10.6. The Hall–Kier alpha value is -4.31. The van der Waals surface area contributed by atoms with Gasteiger partial charge in [0.1, 0.15) is 0 Å². The lowest BCUT2D eigenvalue weighted by Gasteiger charge is -2.12. The molecule has 1 amide bonds. The summed E-state index contributed by atoms with van der Waals surface area (Å²) in [6.07, 6.45) is 6.32. The molecule has 0 radical (unpaired) electrons. The average molecular weight is 491 g/mol. The molecule has 0 aliphatic carbocycles. The summed E-state index contributed by atoms with van der Waals surface area (Å²) in [5.41, 5.74) is 3.30. The lowest BCUT2D eigenvalue weighted by molar-refractivity contribution is -0.385. The number of nitro groups is 1. The van der Waals surface area contributed by atoms with E-state index in [0.717, 1.165) is 46.7 Å². The molecule has 0 bridgehead atoms. The van der Waals surface area contributed by atoms with E-state index in [9.17, 15) is 23.3 Å². The third kappa shape index (κ3) is 5.79. The fourth-order valence-corrected chi connectivity index (χ4v) is 4.32. The number of amides is 1. The van der Waals surface area contributed by atoms with Crippen molar-refractivity contribution in [3.05, 3.63) is 112 Å². The van der Waals surface area contributed by atoms with Gasteiger partial charge >= 0.3 is 0 Å². The molecule has 4 aromatic rings. The molecule has 0 spiro atoms. The maximum Gasteiger partial charge on any atom is 0.271 e. The molecule has 4 rings (SSSR count). The van der Waals surface area contributed by atoms with Crippen LogP contribution in [0.1, 0.15) is 21.5 Å². The van der Waals surface area contributed by atoms with Gasteiger partial charge in [0.2, 0.25) is 0 Å². The first kappa shape index (κ1) is 23.8. The number of nitrogens with one attached hydrogen (secondary N) is 1. The zero-order valence-electron chi connectivity index (χ0n) is 18.8. The minimum Gasteiger partial charge on any atom is -0.348 e. The van der Waals surface area contributed by atoms with E-state index >= 15 is 0 Å². The molecule has 0 saturated carbocycles. The number of carbonyl (C=O) groups excluding carboxylic acids is 1. The quantitative estimate of drug-likeness (QED) is 0.296. The van der Waals surface area contributed by atoms with Gasteiger partial charge in [-0.05, 0) is 28.3 Å². The number of nitrogens with zero attached hydrogens (tertiary/aromatic N) is 3. The van der Waals surface area contributed by atoms with Gasteiger partial charge in [0, 0.05) is 49.4 Å². The number of carbonyl (C=O) groups is 1. The molecule has 178 valence electrons. The van der Waals surface area contributed by atoms with E-state index in [1.165, 1.54) is 0 Å². The van der Waals surface area contributed by atoms with Gasteiger partial charge in [0.25, 0.3) is 11.6 Å². The third-order valence-corrected chi connectivity index (χ3v) is 6.53. The lowest BCUT2D eigenvalue weighted by atomic mass is 9.98. The molecule has 0 fully saturated rings. The second-order valence-electron chi connectivity index (χ2n) is 8.02. The van der Waals surface area contributed by atoms with Crippen LogP contribution in [0, 0.1) is 10.1 Å². The van der Waals surface area contributed by atoms with Gasteiger partial charge in [-0.15, -0.1) is 0 Å². The van der Waals surface area contributed by atoms with Gasteiger partial charge in [0.05, 0.1) is 16.1 Å². The number of sulfone groups is 1. The zero-order chi connectivity index (χ0) is 25.0. The molecule has 1 heterocycles. The largest absolute Gasteiger partial charge is 0.348 e. The van der Waals surface area contributed by atoms with Crippen LogP contribution < -0.4 is 5.32 Å². The van der Waals surface area contributed by atoms with Crippen LogP contribution in [0.3, 0.4) is 0 Å². The van der Waals surface area contributed by atoms with E-state index < -0.39 is 26.4 Å². The van der Waals surface area contributed by atoms with Gasteiger partial charge in [-0.1, -0.05) is 48.5 Å². The fourth-order valence-electron chi connectivity index (χ4n) is 3.65. The van der Waals surface area contributed by atoms with Crippen molar-refractivity contribution < 1.29 is 18.1 Å². The van der Waals surface area contributed by atoms with E-state index in [-0.39, 0.29) is 17.0 Å².